The van der Waals surface area contributed by atoms with E-state index in [1.165, 1.54) is 0 Å². The first-order chi connectivity index (χ1) is 10.3. The van der Waals surface area contributed by atoms with Crippen molar-refractivity contribution in [3.63, 3.8) is 0 Å². The van der Waals surface area contributed by atoms with E-state index < -0.39 is 0 Å². The molecule has 1 N–H and O–H groups in total. The summed E-state index contributed by atoms with van der Waals surface area (Å²) >= 11 is 6.21. The zero-order chi connectivity index (χ0) is 14.7. The summed E-state index contributed by atoms with van der Waals surface area (Å²) in [4.78, 5) is 0. The molecule has 0 radical (unpaired) electrons. The molecule has 3 rings (SSSR count). The fraction of sp³-hybridized carbons (Fsp3) is 0.111. The summed E-state index contributed by atoms with van der Waals surface area (Å²) in [5.74, 6) is 0. The van der Waals surface area contributed by atoms with Gasteiger partial charge in [-0.1, -0.05) is 60.1 Å². The van der Waals surface area contributed by atoms with E-state index in [9.17, 15) is 5.11 Å². The van der Waals surface area contributed by atoms with Crippen molar-refractivity contribution in [2.45, 2.75) is 13.2 Å². The number of aromatic nitrogens is 1. The maximum atomic E-state index is 9.57. The Kier molecular flexibility index (Phi) is 4.09. The highest BCUT2D eigenvalue weighted by Crippen LogP contribution is 2.26. The molecule has 0 spiro atoms. The second-order valence-electron chi connectivity index (χ2n) is 4.98. The maximum Gasteiger partial charge on any atom is 0.0702 e. The van der Waals surface area contributed by atoms with Crippen LogP contribution >= 0.6 is 11.6 Å². The van der Waals surface area contributed by atoms with E-state index in [-0.39, 0.29) is 6.61 Å². The third-order valence-electron chi connectivity index (χ3n) is 3.53. The number of benzene rings is 2. The van der Waals surface area contributed by atoms with Crippen LogP contribution in [0.3, 0.4) is 0 Å². The number of hydrogen-bond donors (Lipinski definition) is 1. The molecular formula is C18H16ClNO. The Morgan fingerprint density at radius 1 is 0.857 bits per heavy atom. The number of halogens is 1. The van der Waals surface area contributed by atoms with Gasteiger partial charge in [-0.05, 0) is 17.2 Å². The van der Waals surface area contributed by atoms with Gasteiger partial charge in [-0.15, -0.1) is 0 Å². The zero-order valence-electron chi connectivity index (χ0n) is 11.5. The van der Waals surface area contributed by atoms with Crippen molar-refractivity contribution in [3.05, 3.63) is 83.1 Å². The lowest BCUT2D eigenvalue weighted by Gasteiger charge is -2.05. The number of aliphatic hydroxyl groups is 1. The predicted molar refractivity (Wildman–Crippen MR) is 86.3 cm³/mol. The minimum atomic E-state index is 0.0275. The molecule has 21 heavy (non-hydrogen) atoms. The van der Waals surface area contributed by atoms with Gasteiger partial charge in [-0.2, -0.15) is 0 Å². The fourth-order valence-electron chi connectivity index (χ4n) is 2.47. The van der Waals surface area contributed by atoms with Crippen LogP contribution in [0.1, 0.15) is 11.1 Å². The van der Waals surface area contributed by atoms with Gasteiger partial charge in [0.2, 0.25) is 0 Å². The van der Waals surface area contributed by atoms with E-state index in [1.54, 1.807) is 0 Å². The molecule has 0 unspecified atom stereocenters. The summed E-state index contributed by atoms with van der Waals surface area (Å²) in [5.41, 5.74) is 4.16. The highest BCUT2D eigenvalue weighted by Gasteiger charge is 2.09. The summed E-state index contributed by atoms with van der Waals surface area (Å²) in [6, 6.07) is 17.9. The van der Waals surface area contributed by atoms with Crippen LogP contribution < -0.4 is 0 Å². The van der Waals surface area contributed by atoms with Crippen LogP contribution in [0.4, 0.5) is 0 Å². The van der Waals surface area contributed by atoms with Crippen LogP contribution in [-0.2, 0) is 13.2 Å². The molecule has 0 aliphatic heterocycles. The van der Waals surface area contributed by atoms with Crippen molar-refractivity contribution >= 4 is 11.6 Å². The topological polar surface area (TPSA) is 25.2 Å². The third kappa shape index (κ3) is 3.02. The van der Waals surface area contributed by atoms with E-state index in [1.807, 2.05) is 60.8 Å². The zero-order valence-corrected chi connectivity index (χ0v) is 12.3. The fourth-order valence-corrected chi connectivity index (χ4v) is 2.67. The van der Waals surface area contributed by atoms with Crippen LogP contribution in [0.5, 0.6) is 0 Å². The molecule has 0 aliphatic rings. The van der Waals surface area contributed by atoms with Gasteiger partial charge in [-0.25, -0.2) is 0 Å². The molecule has 0 saturated heterocycles. The number of aliphatic hydroxyl groups excluding tert-OH is 1. The van der Waals surface area contributed by atoms with Crippen LogP contribution in [0, 0.1) is 0 Å². The van der Waals surface area contributed by atoms with Crippen molar-refractivity contribution in [3.8, 4) is 11.1 Å². The molecule has 3 aromatic rings. The lowest BCUT2D eigenvalue weighted by molar-refractivity contribution is 0.282. The van der Waals surface area contributed by atoms with Crippen molar-refractivity contribution in [2.75, 3.05) is 0 Å². The lowest BCUT2D eigenvalue weighted by atomic mass is 10.1. The quantitative estimate of drug-likeness (QED) is 0.761. The number of rotatable bonds is 4. The average molecular weight is 298 g/mol. The van der Waals surface area contributed by atoms with Crippen molar-refractivity contribution in [2.24, 2.45) is 0 Å². The summed E-state index contributed by atoms with van der Waals surface area (Å²) < 4.78 is 2.06. The monoisotopic (exact) mass is 297 g/mol. The SMILES string of the molecule is OCc1cn(Cc2ccccc2Cl)cc1-c1ccccc1. The highest BCUT2D eigenvalue weighted by atomic mass is 35.5. The Balaban J connectivity index is 1.95. The molecule has 3 heteroatoms. The smallest absolute Gasteiger partial charge is 0.0702 e. The van der Waals surface area contributed by atoms with E-state index in [2.05, 4.69) is 10.8 Å². The van der Waals surface area contributed by atoms with Crippen LogP contribution in [0.2, 0.25) is 5.02 Å². The molecule has 106 valence electrons. The van der Waals surface area contributed by atoms with E-state index in [0.29, 0.717) is 6.54 Å². The second-order valence-corrected chi connectivity index (χ2v) is 5.39. The van der Waals surface area contributed by atoms with E-state index >= 15 is 0 Å². The molecule has 2 nitrogen and oxygen atoms in total. The summed E-state index contributed by atoms with van der Waals surface area (Å²) in [6.07, 6.45) is 4.04. The van der Waals surface area contributed by atoms with Gasteiger partial charge in [-0.3, -0.25) is 0 Å². The first-order valence-corrected chi connectivity index (χ1v) is 7.24. The van der Waals surface area contributed by atoms with Gasteiger partial charge in [0.1, 0.15) is 0 Å². The Bertz CT molecular complexity index is 734. The molecule has 2 aromatic carbocycles. The molecule has 0 amide bonds. The van der Waals surface area contributed by atoms with Gasteiger partial charge >= 0.3 is 0 Å². The Morgan fingerprint density at radius 2 is 1.57 bits per heavy atom. The lowest BCUT2D eigenvalue weighted by Crippen LogP contribution is -1.96. The summed E-state index contributed by atoms with van der Waals surface area (Å²) in [5, 5.41) is 10.3. The number of nitrogens with zero attached hydrogens (tertiary/aromatic N) is 1. The molecular weight excluding hydrogens is 282 g/mol. The van der Waals surface area contributed by atoms with Crippen molar-refractivity contribution < 1.29 is 5.11 Å². The second kappa shape index (κ2) is 6.17. The van der Waals surface area contributed by atoms with Crippen LogP contribution in [-0.4, -0.2) is 9.67 Å². The van der Waals surface area contributed by atoms with Crippen LogP contribution in [0.25, 0.3) is 11.1 Å². The standard InChI is InChI=1S/C18H16ClNO/c19-18-9-5-4-8-15(18)10-20-11-16(13-21)17(12-20)14-6-2-1-3-7-14/h1-9,11-12,21H,10,13H2. The van der Waals surface area contributed by atoms with Crippen molar-refractivity contribution in [1.82, 2.24) is 4.57 Å². The maximum absolute atomic E-state index is 9.57. The summed E-state index contributed by atoms with van der Waals surface area (Å²) in [6.45, 7) is 0.721. The van der Waals surface area contributed by atoms with E-state index in [0.717, 1.165) is 27.3 Å². The first-order valence-electron chi connectivity index (χ1n) is 6.86. The Labute approximate surface area is 129 Å². The molecule has 0 bridgehead atoms. The van der Waals surface area contributed by atoms with Gasteiger partial charge in [0.15, 0.2) is 0 Å². The van der Waals surface area contributed by atoms with Gasteiger partial charge in [0.05, 0.1) is 6.61 Å². The minimum absolute atomic E-state index is 0.0275. The largest absolute Gasteiger partial charge is 0.392 e. The minimum Gasteiger partial charge on any atom is -0.392 e. The third-order valence-corrected chi connectivity index (χ3v) is 3.90. The molecule has 0 aliphatic carbocycles. The molecule has 0 saturated carbocycles. The van der Waals surface area contributed by atoms with Gasteiger partial charge < -0.3 is 9.67 Å². The van der Waals surface area contributed by atoms with Gasteiger partial charge in [0, 0.05) is 35.1 Å². The normalized spacial score (nSPS) is 10.8. The predicted octanol–water partition coefficient (Wildman–Crippen LogP) is 4.35. The Morgan fingerprint density at radius 3 is 2.29 bits per heavy atom. The van der Waals surface area contributed by atoms with Crippen LogP contribution in [0.15, 0.2) is 67.0 Å². The van der Waals surface area contributed by atoms with E-state index in [4.69, 9.17) is 11.6 Å². The van der Waals surface area contributed by atoms with Gasteiger partial charge in [0.25, 0.3) is 0 Å². The highest BCUT2D eigenvalue weighted by molar-refractivity contribution is 6.31. The molecule has 1 heterocycles. The van der Waals surface area contributed by atoms with Crippen molar-refractivity contribution in [1.29, 1.82) is 0 Å². The first kappa shape index (κ1) is 13.9. The summed E-state index contributed by atoms with van der Waals surface area (Å²) in [7, 11) is 0. The average Bonchev–Trinajstić information content (AvgIpc) is 2.93. The molecule has 1 aromatic heterocycles. The Hall–Kier alpha value is -2.03. The molecule has 0 fully saturated rings. The number of hydrogen-bond acceptors (Lipinski definition) is 1. The molecule has 0 atom stereocenters.